The number of piperazine rings is 1. The maximum atomic E-state index is 12.2. The highest BCUT2D eigenvalue weighted by atomic mass is 16.2. The number of piperidine rings is 3. The number of likely N-dealkylation sites (N-methyl/N-ethyl adjacent to an activating group) is 1. The molecule has 4 saturated heterocycles. The molecule has 148 valence electrons. The van der Waals surface area contributed by atoms with E-state index in [1.807, 2.05) is 30.3 Å². The van der Waals surface area contributed by atoms with Gasteiger partial charge in [0.25, 0.3) is 0 Å². The molecule has 1 aromatic rings. The number of nitrogens with one attached hydrogen (secondary N) is 2. The first-order valence-corrected chi connectivity index (χ1v) is 10.4. The van der Waals surface area contributed by atoms with E-state index in [1.54, 1.807) is 0 Å². The van der Waals surface area contributed by atoms with E-state index in [9.17, 15) is 4.79 Å². The lowest BCUT2D eigenvalue weighted by molar-refractivity contribution is -0.0155. The molecule has 4 aliphatic rings. The molecular weight excluding hydrogens is 338 g/mol. The Kier molecular flexibility index (Phi) is 5.95. The first-order valence-electron chi connectivity index (χ1n) is 10.4. The third kappa shape index (κ3) is 4.81. The second-order valence-electron chi connectivity index (χ2n) is 8.50. The van der Waals surface area contributed by atoms with Gasteiger partial charge in [0, 0.05) is 57.5 Å². The van der Waals surface area contributed by atoms with Crippen LogP contribution in [0.3, 0.4) is 0 Å². The van der Waals surface area contributed by atoms with Gasteiger partial charge in [-0.25, -0.2) is 4.79 Å². The lowest BCUT2D eigenvalue weighted by Gasteiger charge is -2.51. The molecule has 4 atom stereocenters. The van der Waals surface area contributed by atoms with Crippen LogP contribution in [0.2, 0.25) is 0 Å². The molecule has 0 aliphatic carbocycles. The second-order valence-corrected chi connectivity index (χ2v) is 8.50. The van der Waals surface area contributed by atoms with Crippen LogP contribution < -0.4 is 10.6 Å². The highest BCUT2D eigenvalue weighted by Crippen LogP contribution is 2.36. The van der Waals surface area contributed by atoms with Crippen molar-refractivity contribution in [2.24, 2.45) is 11.8 Å². The molecule has 1 aromatic carbocycles. The lowest BCUT2D eigenvalue weighted by atomic mass is 9.75. The Morgan fingerprint density at radius 2 is 1.89 bits per heavy atom. The number of fused-ring (bicyclic) bond motifs is 3. The number of para-hydroxylation sites is 1. The Morgan fingerprint density at radius 1 is 1.11 bits per heavy atom. The number of carbonyl (C=O) groups is 1. The summed E-state index contributed by atoms with van der Waals surface area (Å²) in [5, 5.41) is 5.99. The summed E-state index contributed by atoms with van der Waals surface area (Å²) in [6.45, 7) is 9.21. The van der Waals surface area contributed by atoms with Crippen LogP contribution in [0.15, 0.2) is 30.3 Å². The Morgan fingerprint density at radius 3 is 2.59 bits per heavy atom. The lowest BCUT2D eigenvalue weighted by Crippen LogP contribution is -2.59. The van der Waals surface area contributed by atoms with E-state index in [1.165, 1.54) is 58.7 Å². The van der Waals surface area contributed by atoms with Crippen molar-refractivity contribution in [3.8, 4) is 0 Å². The average Bonchev–Trinajstić information content (AvgIpc) is 2.70. The van der Waals surface area contributed by atoms with Crippen molar-refractivity contribution in [3.05, 3.63) is 30.3 Å². The van der Waals surface area contributed by atoms with Crippen molar-refractivity contribution in [2.45, 2.75) is 18.9 Å². The highest BCUT2D eigenvalue weighted by molar-refractivity contribution is 5.89. The summed E-state index contributed by atoms with van der Waals surface area (Å²) in [6.07, 6.45) is 2.55. The van der Waals surface area contributed by atoms with Crippen LogP contribution in [-0.4, -0.2) is 86.2 Å². The van der Waals surface area contributed by atoms with Crippen molar-refractivity contribution in [2.75, 3.05) is 64.7 Å². The molecule has 27 heavy (non-hydrogen) atoms. The zero-order valence-corrected chi connectivity index (χ0v) is 16.4. The zero-order chi connectivity index (χ0) is 18.6. The summed E-state index contributed by atoms with van der Waals surface area (Å²) >= 11 is 0. The van der Waals surface area contributed by atoms with Crippen LogP contribution in [-0.2, 0) is 0 Å². The number of hydrogen-bond acceptors (Lipinski definition) is 4. The summed E-state index contributed by atoms with van der Waals surface area (Å²) in [4.78, 5) is 19.9. The molecular formula is C21H33N5O. The molecule has 6 nitrogen and oxygen atoms in total. The van der Waals surface area contributed by atoms with Gasteiger partial charge in [-0.3, -0.25) is 4.90 Å². The van der Waals surface area contributed by atoms with Crippen molar-refractivity contribution >= 4 is 11.7 Å². The van der Waals surface area contributed by atoms with E-state index in [2.05, 4.69) is 32.4 Å². The number of anilines is 1. The van der Waals surface area contributed by atoms with E-state index >= 15 is 0 Å². The standard InChI is InChI=1S/C21H33N5O/c1-24-9-11-25(12-10-24)15-18-16-26-8-7-17(18)13-20(26)14-22-21(27)23-19-5-3-2-4-6-19/h2-6,17-18,20H,7-16H2,1H3,(H2,22,23,27)/t17-,18+,20+/m0/s1. The Labute approximate surface area is 162 Å². The molecule has 0 aromatic heterocycles. The molecule has 4 heterocycles. The highest BCUT2D eigenvalue weighted by Gasteiger charge is 2.40. The predicted octanol–water partition coefficient (Wildman–Crippen LogP) is 1.77. The quantitative estimate of drug-likeness (QED) is 0.828. The SMILES string of the molecule is CN1CCN(C[C@@H]2CN3CC[C@H]2C[C@@H]3CNC(=O)Nc2ccccc2)CC1. The van der Waals surface area contributed by atoms with Gasteiger partial charge in [0.05, 0.1) is 0 Å². The Hall–Kier alpha value is -1.63. The normalized spacial score (nSPS) is 31.6. The number of carbonyl (C=O) groups excluding carboxylic acids is 1. The average molecular weight is 372 g/mol. The van der Waals surface area contributed by atoms with E-state index in [0.717, 1.165) is 24.1 Å². The van der Waals surface area contributed by atoms with Gasteiger partial charge in [0.15, 0.2) is 0 Å². The number of rotatable bonds is 5. The predicted molar refractivity (Wildman–Crippen MR) is 109 cm³/mol. The summed E-state index contributed by atoms with van der Waals surface area (Å²) in [7, 11) is 2.22. The Bertz CT molecular complexity index is 616. The Balaban J connectivity index is 1.22. The van der Waals surface area contributed by atoms with E-state index < -0.39 is 0 Å². The van der Waals surface area contributed by atoms with Gasteiger partial charge in [-0.1, -0.05) is 18.2 Å². The maximum absolute atomic E-state index is 12.2. The van der Waals surface area contributed by atoms with Gasteiger partial charge >= 0.3 is 6.03 Å². The smallest absolute Gasteiger partial charge is 0.319 e. The third-order valence-corrected chi connectivity index (χ3v) is 6.63. The van der Waals surface area contributed by atoms with Crippen molar-refractivity contribution < 1.29 is 4.79 Å². The molecule has 0 spiro atoms. The van der Waals surface area contributed by atoms with Crippen LogP contribution in [0.5, 0.6) is 0 Å². The van der Waals surface area contributed by atoms with E-state index in [-0.39, 0.29) is 6.03 Å². The molecule has 1 unspecified atom stereocenters. The van der Waals surface area contributed by atoms with Crippen molar-refractivity contribution in [3.63, 3.8) is 0 Å². The second kappa shape index (κ2) is 8.59. The first-order chi connectivity index (χ1) is 13.2. The van der Waals surface area contributed by atoms with Gasteiger partial charge in [0.2, 0.25) is 0 Å². The molecule has 0 saturated carbocycles. The molecule has 2 N–H and O–H groups in total. The number of hydrogen-bond donors (Lipinski definition) is 2. The van der Waals surface area contributed by atoms with Gasteiger partial charge < -0.3 is 20.4 Å². The minimum Gasteiger partial charge on any atom is -0.336 e. The molecule has 4 fully saturated rings. The zero-order valence-electron chi connectivity index (χ0n) is 16.4. The number of amides is 2. The molecule has 2 amide bonds. The monoisotopic (exact) mass is 371 g/mol. The van der Waals surface area contributed by atoms with Gasteiger partial charge in [-0.2, -0.15) is 0 Å². The van der Waals surface area contributed by atoms with Gasteiger partial charge in [-0.05, 0) is 50.4 Å². The van der Waals surface area contributed by atoms with Crippen LogP contribution >= 0.6 is 0 Å². The van der Waals surface area contributed by atoms with Crippen LogP contribution in [0.1, 0.15) is 12.8 Å². The number of benzene rings is 1. The molecule has 5 rings (SSSR count). The fraction of sp³-hybridized carbons (Fsp3) is 0.667. The maximum Gasteiger partial charge on any atom is 0.319 e. The molecule has 6 heteroatoms. The van der Waals surface area contributed by atoms with Crippen molar-refractivity contribution in [1.29, 1.82) is 0 Å². The first kappa shape index (κ1) is 18.7. The molecule has 2 bridgehead atoms. The summed E-state index contributed by atoms with van der Waals surface area (Å²) < 4.78 is 0. The molecule has 0 radical (unpaired) electrons. The third-order valence-electron chi connectivity index (χ3n) is 6.63. The largest absolute Gasteiger partial charge is 0.336 e. The number of nitrogens with zero attached hydrogens (tertiary/aromatic N) is 3. The fourth-order valence-corrected chi connectivity index (χ4v) is 4.94. The minimum atomic E-state index is -0.0992. The van der Waals surface area contributed by atoms with Crippen LogP contribution in [0.4, 0.5) is 10.5 Å². The van der Waals surface area contributed by atoms with Crippen LogP contribution in [0.25, 0.3) is 0 Å². The van der Waals surface area contributed by atoms with Gasteiger partial charge in [0.1, 0.15) is 0 Å². The molecule has 4 aliphatic heterocycles. The van der Waals surface area contributed by atoms with E-state index in [0.29, 0.717) is 6.04 Å². The minimum absolute atomic E-state index is 0.0992. The van der Waals surface area contributed by atoms with E-state index in [4.69, 9.17) is 0 Å². The summed E-state index contributed by atoms with van der Waals surface area (Å²) in [5.41, 5.74) is 0.840. The van der Waals surface area contributed by atoms with Gasteiger partial charge in [-0.15, -0.1) is 0 Å². The van der Waals surface area contributed by atoms with Crippen molar-refractivity contribution in [1.82, 2.24) is 20.0 Å². The van der Waals surface area contributed by atoms with Crippen LogP contribution in [0, 0.1) is 11.8 Å². The topological polar surface area (TPSA) is 50.9 Å². The number of urea groups is 1. The summed E-state index contributed by atoms with van der Waals surface area (Å²) in [5.74, 6) is 1.62. The summed E-state index contributed by atoms with van der Waals surface area (Å²) in [6, 6.07) is 10.0. The fourth-order valence-electron chi connectivity index (χ4n) is 4.94.